The molecule has 0 aliphatic heterocycles. The van der Waals surface area contributed by atoms with E-state index < -0.39 is 0 Å². The summed E-state index contributed by atoms with van der Waals surface area (Å²) >= 11 is 0. The molecule has 11 aromatic carbocycles. The molecule has 0 aliphatic carbocycles. The molecule has 2 nitrogen and oxygen atoms in total. The maximum absolute atomic E-state index is 3.35. The van der Waals surface area contributed by atoms with Gasteiger partial charge in [-0.25, -0.2) is 0 Å². The van der Waals surface area contributed by atoms with Crippen LogP contribution in [-0.2, 0) is 0 Å². The van der Waals surface area contributed by atoms with Crippen LogP contribution in [-0.4, -0.2) is 0 Å². The van der Waals surface area contributed by atoms with Crippen LogP contribution in [0.3, 0.4) is 0 Å². The van der Waals surface area contributed by atoms with Crippen molar-refractivity contribution in [3.05, 3.63) is 291 Å². The predicted octanol–water partition coefficient (Wildman–Crippen LogP) is 18.2. The SMILES string of the molecule is c1cccc(N(c2ccc(-c3ccccc3)cc2)c2ccc(-c3ccccc3-c3cccc(-c4ccccc4-c4ccc(N(c5ccccc5)c5ccc(-c6ccccc6)cc5)cc4)c3)cc2)c#1. The van der Waals surface area contributed by atoms with E-state index in [1.54, 1.807) is 0 Å². The Hall–Kier alpha value is -9.16. The Morgan fingerprint density at radius 3 is 0.956 bits per heavy atom. The van der Waals surface area contributed by atoms with Gasteiger partial charge in [-0.1, -0.05) is 206 Å². The van der Waals surface area contributed by atoms with Gasteiger partial charge in [-0.05, 0) is 152 Å². The van der Waals surface area contributed by atoms with E-state index >= 15 is 0 Å². The first-order chi connectivity index (χ1) is 33.7. The number of benzene rings is 10. The van der Waals surface area contributed by atoms with Crippen molar-refractivity contribution in [3.8, 4) is 66.8 Å². The van der Waals surface area contributed by atoms with Gasteiger partial charge < -0.3 is 9.80 Å². The third kappa shape index (κ3) is 8.69. The van der Waals surface area contributed by atoms with Crippen LogP contribution in [0.25, 0.3) is 66.8 Å². The molecule has 0 heterocycles. The van der Waals surface area contributed by atoms with E-state index in [1.807, 2.05) is 12.1 Å². The lowest BCUT2D eigenvalue weighted by Crippen LogP contribution is -2.09. The van der Waals surface area contributed by atoms with Crippen LogP contribution in [0.5, 0.6) is 0 Å². The van der Waals surface area contributed by atoms with Gasteiger partial charge in [0.05, 0.1) is 5.69 Å². The zero-order valence-electron chi connectivity index (χ0n) is 37.5. The van der Waals surface area contributed by atoms with Crippen LogP contribution in [0.4, 0.5) is 34.1 Å². The molecule has 68 heavy (non-hydrogen) atoms. The maximum Gasteiger partial charge on any atom is 0.0973 e. The van der Waals surface area contributed by atoms with Crippen LogP contribution in [0.1, 0.15) is 0 Å². The summed E-state index contributed by atoms with van der Waals surface area (Å²) in [6.45, 7) is 0. The standard InChI is InChI=1S/C66H46N2/c1-5-18-49(19-6-1)51-32-40-59(41-33-51)67(57-24-9-3-10-25-57)61-44-36-53(37-45-61)63-28-13-15-30-65(63)55-22-17-23-56(48-55)66-31-16-14-29-64(66)54-38-46-62(47-39-54)68(58-26-11-4-12-27-58)60-42-34-52(35-43-60)50-20-7-2-8-21-50/h1-11,13-26,28-48H. The molecule has 0 spiro atoms. The fourth-order valence-corrected chi connectivity index (χ4v) is 9.20. The third-order valence-corrected chi connectivity index (χ3v) is 12.6. The highest BCUT2D eigenvalue weighted by atomic mass is 15.1. The van der Waals surface area contributed by atoms with Gasteiger partial charge in [-0.15, -0.1) is 0 Å². The van der Waals surface area contributed by atoms with Crippen molar-refractivity contribution in [1.29, 1.82) is 0 Å². The Bertz CT molecular complexity index is 3160. The second kappa shape index (κ2) is 19.1. The van der Waals surface area contributed by atoms with E-state index in [9.17, 15) is 0 Å². The highest BCUT2D eigenvalue weighted by Gasteiger charge is 2.17. The van der Waals surface area contributed by atoms with Crippen molar-refractivity contribution in [2.45, 2.75) is 0 Å². The van der Waals surface area contributed by atoms with Crippen molar-refractivity contribution in [3.63, 3.8) is 0 Å². The van der Waals surface area contributed by atoms with E-state index in [0.29, 0.717) is 0 Å². The van der Waals surface area contributed by atoms with Crippen molar-refractivity contribution in [2.24, 2.45) is 0 Å². The molecule has 0 aliphatic rings. The summed E-state index contributed by atoms with van der Waals surface area (Å²) in [4.78, 5) is 4.56. The van der Waals surface area contributed by atoms with Crippen LogP contribution < -0.4 is 9.80 Å². The zero-order valence-corrected chi connectivity index (χ0v) is 37.5. The van der Waals surface area contributed by atoms with Gasteiger partial charge in [-0.3, -0.25) is 0 Å². The minimum Gasteiger partial charge on any atom is -0.311 e. The highest BCUT2D eigenvalue weighted by molar-refractivity contribution is 5.90. The molecule has 0 radical (unpaired) electrons. The van der Waals surface area contributed by atoms with E-state index in [1.165, 1.54) is 55.6 Å². The highest BCUT2D eigenvalue weighted by Crippen LogP contribution is 2.41. The van der Waals surface area contributed by atoms with Gasteiger partial charge >= 0.3 is 0 Å². The Balaban J connectivity index is 0.884. The maximum atomic E-state index is 3.35. The van der Waals surface area contributed by atoms with E-state index in [2.05, 4.69) is 289 Å². The molecule has 0 atom stereocenters. The van der Waals surface area contributed by atoms with Gasteiger partial charge in [0.25, 0.3) is 0 Å². The number of rotatable bonds is 12. The summed E-state index contributed by atoms with van der Waals surface area (Å²) in [7, 11) is 0. The minimum atomic E-state index is 0.931. The lowest BCUT2D eigenvalue weighted by Gasteiger charge is -2.26. The number of hydrogen-bond acceptors (Lipinski definition) is 2. The quantitative estimate of drug-likeness (QED) is 0.121. The average Bonchev–Trinajstić information content (AvgIpc) is 3.43. The number of para-hydroxylation sites is 1. The molecule has 0 unspecified atom stereocenters. The summed E-state index contributed by atoms with van der Waals surface area (Å²) in [5, 5.41) is 0. The van der Waals surface area contributed by atoms with Gasteiger partial charge in [-0.2, -0.15) is 0 Å². The predicted molar refractivity (Wildman–Crippen MR) is 286 cm³/mol. The molecule has 0 saturated heterocycles. The number of nitrogens with zero attached hydrogens (tertiary/aromatic N) is 2. The van der Waals surface area contributed by atoms with Crippen molar-refractivity contribution in [1.82, 2.24) is 0 Å². The first-order valence-corrected chi connectivity index (χ1v) is 23.1. The molecule has 320 valence electrons. The second-order valence-electron chi connectivity index (χ2n) is 16.8. The Morgan fingerprint density at radius 1 is 0.221 bits per heavy atom. The zero-order chi connectivity index (χ0) is 45.5. The second-order valence-corrected chi connectivity index (χ2v) is 16.8. The molecule has 0 bridgehead atoms. The molecule has 0 N–H and O–H groups in total. The van der Waals surface area contributed by atoms with Crippen LogP contribution >= 0.6 is 0 Å². The van der Waals surface area contributed by atoms with Gasteiger partial charge in [0.1, 0.15) is 0 Å². The fourth-order valence-electron chi connectivity index (χ4n) is 9.20. The van der Waals surface area contributed by atoms with Crippen molar-refractivity contribution >= 4 is 34.1 Å². The smallest absolute Gasteiger partial charge is 0.0973 e. The average molecular weight is 867 g/mol. The van der Waals surface area contributed by atoms with E-state index in [-0.39, 0.29) is 0 Å². The fraction of sp³-hybridized carbons (Fsp3) is 0. The summed E-state index contributed by atoms with van der Waals surface area (Å²) in [5.41, 5.74) is 20.5. The summed E-state index contributed by atoms with van der Waals surface area (Å²) in [6.07, 6.45) is 0. The molecule has 0 amide bonds. The monoisotopic (exact) mass is 866 g/mol. The Kier molecular flexibility index (Phi) is 11.7. The van der Waals surface area contributed by atoms with Crippen molar-refractivity contribution in [2.75, 3.05) is 9.80 Å². The van der Waals surface area contributed by atoms with Crippen molar-refractivity contribution < 1.29 is 0 Å². The molecule has 0 aromatic heterocycles. The topological polar surface area (TPSA) is 6.48 Å². The van der Waals surface area contributed by atoms with Crippen LogP contribution in [0, 0.1) is 12.1 Å². The normalized spacial score (nSPS) is 10.8. The molecule has 11 rings (SSSR count). The largest absolute Gasteiger partial charge is 0.311 e. The van der Waals surface area contributed by atoms with E-state index in [4.69, 9.17) is 0 Å². The first-order valence-electron chi connectivity index (χ1n) is 23.1. The van der Waals surface area contributed by atoms with E-state index in [0.717, 1.165) is 45.3 Å². The molecular formula is C66H46N2. The molecular weight excluding hydrogens is 821 g/mol. The first kappa shape index (κ1) is 41.5. The molecule has 0 fully saturated rings. The summed E-state index contributed by atoms with van der Waals surface area (Å²) < 4.78 is 0. The summed E-state index contributed by atoms with van der Waals surface area (Å²) in [5.74, 6) is 0. The molecule has 2 heteroatoms. The number of anilines is 6. The van der Waals surface area contributed by atoms with Gasteiger partial charge in [0.2, 0.25) is 0 Å². The third-order valence-electron chi connectivity index (χ3n) is 12.6. The van der Waals surface area contributed by atoms with Crippen LogP contribution in [0.2, 0.25) is 0 Å². The lowest BCUT2D eigenvalue weighted by molar-refractivity contribution is 1.28. The minimum absolute atomic E-state index is 0.931. The number of hydrogen-bond donors (Lipinski definition) is 0. The van der Waals surface area contributed by atoms with Crippen LogP contribution in [0.15, 0.2) is 279 Å². The van der Waals surface area contributed by atoms with Gasteiger partial charge in [0, 0.05) is 28.4 Å². The molecule has 0 saturated carbocycles. The lowest BCUT2D eigenvalue weighted by atomic mass is 9.90. The molecule has 11 aromatic rings. The summed E-state index contributed by atoms with van der Waals surface area (Å²) in [6, 6.07) is 106. The van der Waals surface area contributed by atoms with Gasteiger partial charge in [0.15, 0.2) is 0 Å². The Morgan fingerprint density at radius 2 is 0.544 bits per heavy atom. The Labute approximate surface area is 400 Å².